The number of carboxylic acid groups (broad SMARTS) is 2. The number of rotatable bonds is 12. The van der Waals surface area contributed by atoms with Crippen LogP contribution in [-0.2, 0) is 19.1 Å². The van der Waals surface area contributed by atoms with Crippen molar-refractivity contribution in [2.45, 2.75) is 127 Å². The van der Waals surface area contributed by atoms with Gasteiger partial charge in [0.1, 0.15) is 29.4 Å². The van der Waals surface area contributed by atoms with Gasteiger partial charge in [-0.15, -0.1) is 0 Å². The Bertz CT molecular complexity index is 2770. The summed E-state index contributed by atoms with van der Waals surface area (Å²) >= 11 is 0. The summed E-state index contributed by atoms with van der Waals surface area (Å²) in [5.74, 6) is -0.883. The summed E-state index contributed by atoms with van der Waals surface area (Å²) in [5.41, 5.74) is 5.23. The fraction of sp³-hybridized carbons (Fsp3) is 0.564. The molecule has 6 N–H and O–H groups in total. The highest BCUT2D eigenvalue weighted by molar-refractivity contribution is 5.87. The molecule has 18 nitrogen and oxygen atoms in total. The molecule has 0 aliphatic carbocycles. The molecule has 4 amide bonds. The molecule has 0 bridgehead atoms. The Kier molecular flexibility index (Phi) is 14.1. The van der Waals surface area contributed by atoms with Gasteiger partial charge >= 0.3 is 12.2 Å². The van der Waals surface area contributed by atoms with Gasteiger partial charge in [-0.3, -0.25) is 9.59 Å². The van der Waals surface area contributed by atoms with Gasteiger partial charge < -0.3 is 59.9 Å². The van der Waals surface area contributed by atoms with E-state index in [2.05, 4.69) is 39.3 Å². The quantitative estimate of drug-likeness (QED) is 0.0690. The predicted octanol–water partition coefficient (Wildman–Crippen LogP) is 8.88. The number of amides is 4. The molecule has 11 rings (SSSR count). The smallest absolute Gasteiger partial charge is 0.405 e. The highest BCUT2D eigenvalue weighted by Crippen LogP contribution is 2.49. The van der Waals surface area contributed by atoms with E-state index in [0.29, 0.717) is 132 Å². The van der Waals surface area contributed by atoms with Crippen LogP contribution in [0.25, 0.3) is 22.1 Å². The van der Waals surface area contributed by atoms with Gasteiger partial charge in [-0.25, -0.2) is 28.3 Å². The summed E-state index contributed by atoms with van der Waals surface area (Å²) in [7, 11) is 0. The van der Waals surface area contributed by atoms with Gasteiger partial charge in [-0.2, -0.15) is 0 Å². The lowest BCUT2D eigenvalue weighted by atomic mass is 9.82. The van der Waals surface area contributed by atoms with E-state index in [0.717, 1.165) is 47.8 Å². The van der Waals surface area contributed by atoms with Crippen LogP contribution < -0.4 is 20.4 Å². The number of aromatic amines is 2. The number of carbonyl (C=O) groups excluding carboxylic acids is 2. The molecular weight excluding hydrogens is 967 g/mol. The molecule has 5 aromatic rings. The van der Waals surface area contributed by atoms with Gasteiger partial charge in [0.25, 0.3) is 0 Å². The molecule has 6 fully saturated rings. The van der Waals surface area contributed by atoms with E-state index >= 15 is 8.78 Å². The molecule has 6 aliphatic heterocycles. The zero-order valence-electron chi connectivity index (χ0n) is 42.7. The summed E-state index contributed by atoms with van der Waals surface area (Å²) in [6.45, 7) is 8.30. The number of fused-ring (bicyclic) bond motifs is 2. The van der Waals surface area contributed by atoms with Crippen LogP contribution in [0.5, 0.6) is 0 Å². The number of halogens is 2. The monoisotopic (exact) mass is 1030 g/mol. The Labute approximate surface area is 433 Å². The summed E-state index contributed by atoms with van der Waals surface area (Å²) in [6.07, 6.45) is 5.59. The van der Waals surface area contributed by atoms with Gasteiger partial charge in [0.15, 0.2) is 11.6 Å². The van der Waals surface area contributed by atoms with E-state index in [1.165, 1.54) is 12.1 Å². The Morgan fingerprint density at radius 1 is 0.627 bits per heavy atom. The first-order valence-electron chi connectivity index (χ1n) is 27.0. The van der Waals surface area contributed by atoms with Gasteiger partial charge in [-0.05, 0) is 142 Å². The third-order valence-corrected chi connectivity index (χ3v) is 17.2. The van der Waals surface area contributed by atoms with Gasteiger partial charge in [0, 0.05) is 58.3 Å². The van der Waals surface area contributed by atoms with E-state index in [1.54, 1.807) is 9.80 Å². The van der Waals surface area contributed by atoms with Crippen LogP contribution in [0.1, 0.15) is 138 Å². The first-order chi connectivity index (χ1) is 36.2. The highest BCUT2D eigenvalue weighted by atomic mass is 19.1. The summed E-state index contributed by atoms with van der Waals surface area (Å²) < 4.78 is 44.4. The van der Waals surface area contributed by atoms with Gasteiger partial charge in [0.05, 0.1) is 46.2 Å². The molecule has 20 heteroatoms. The number of aromatic nitrogens is 4. The summed E-state index contributed by atoms with van der Waals surface area (Å²) in [4.78, 5) is 76.7. The zero-order valence-corrected chi connectivity index (χ0v) is 42.7. The topological polar surface area (TPSA) is 222 Å². The minimum atomic E-state index is -1.24. The lowest BCUT2D eigenvalue weighted by Crippen LogP contribution is -2.52. The molecule has 0 radical (unpaired) electrons. The van der Waals surface area contributed by atoms with Crippen molar-refractivity contribution in [1.29, 1.82) is 0 Å². The van der Waals surface area contributed by atoms with Crippen molar-refractivity contribution < 1.29 is 47.6 Å². The third-order valence-electron chi connectivity index (χ3n) is 17.2. The number of H-pyrrole nitrogens is 2. The van der Waals surface area contributed by atoms with E-state index in [9.17, 15) is 29.4 Å². The van der Waals surface area contributed by atoms with Crippen LogP contribution in [0.3, 0.4) is 0 Å². The Balaban J connectivity index is 0.901. The lowest BCUT2D eigenvalue weighted by Gasteiger charge is -2.39. The highest BCUT2D eigenvalue weighted by Gasteiger charge is 2.43. The normalized spacial score (nSPS) is 24.5. The Morgan fingerprint density at radius 2 is 1.07 bits per heavy atom. The standard InChI is InChI=1S/C55H68F2N10O8/c1-55(2)17-21-64(22-18-55)48-36(56)29-35(30-37(48)57)67-42(33-7-9-38-40(27-33)60-49(58-38)44-5-3-19-65(44)51(68)46(62-53(70)71)31-13-23-74-24-14-31)11-12-43(67)34-8-10-39-41(28-34)61-50(59-39)45-6-4-20-66(45)52(69)47(63-54(72)73)32-15-25-75-26-16-32/h7-10,27-32,42-47,62-63H,3-6,11-26H2,1-2H3,(H,58,60)(H,59,61)(H,70,71)(H,72,73)/t42-,43?,44+,45+,46+,47+/m1/s1. The van der Waals surface area contributed by atoms with Crippen molar-refractivity contribution in [1.82, 2.24) is 40.4 Å². The first-order valence-corrected chi connectivity index (χ1v) is 27.0. The molecule has 75 heavy (non-hydrogen) atoms. The number of anilines is 2. The zero-order chi connectivity index (χ0) is 52.1. The van der Waals surface area contributed by atoms with Crippen molar-refractivity contribution >= 4 is 57.4 Å². The second-order valence-electron chi connectivity index (χ2n) is 22.4. The summed E-state index contributed by atoms with van der Waals surface area (Å²) in [5, 5.41) is 24.5. The number of hydrogen-bond donors (Lipinski definition) is 6. The van der Waals surface area contributed by atoms with Gasteiger partial charge in [-0.1, -0.05) is 26.0 Å². The third kappa shape index (κ3) is 10.2. The van der Waals surface area contributed by atoms with Crippen LogP contribution in [0.15, 0.2) is 48.5 Å². The molecule has 6 aliphatic rings. The molecule has 2 aromatic heterocycles. The van der Waals surface area contributed by atoms with E-state index < -0.39 is 35.9 Å². The average Bonchev–Trinajstić information content (AvgIpc) is 4.27. The largest absolute Gasteiger partial charge is 0.465 e. The molecule has 400 valence electrons. The van der Waals surface area contributed by atoms with Gasteiger partial charge in [0.2, 0.25) is 11.8 Å². The molecule has 0 saturated carbocycles. The van der Waals surface area contributed by atoms with Crippen molar-refractivity contribution in [3.8, 4) is 0 Å². The number of imidazole rings is 2. The number of benzene rings is 3. The van der Waals surface area contributed by atoms with E-state index in [4.69, 9.17) is 19.4 Å². The molecular formula is C55H68F2N10O8. The predicted molar refractivity (Wildman–Crippen MR) is 275 cm³/mol. The molecule has 1 unspecified atom stereocenters. The van der Waals surface area contributed by atoms with Crippen LogP contribution in [0, 0.1) is 28.9 Å². The minimum Gasteiger partial charge on any atom is -0.465 e. The van der Waals surface area contributed by atoms with E-state index in [-0.39, 0.29) is 58.9 Å². The maximum atomic E-state index is 16.7. The number of ether oxygens (including phenoxy) is 2. The van der Waals surface area contributed by atoms with Crippen LogP contribution in [-0.4, -0.2) is 129 Å². The number of likely N-dealkylation sites (tertiary alicyclic amines) is 2. The average molecular weight is 1040 g/mol. The number of carbonyl (C=O) groups is 4. The molecule has 8 heterocycles. The molecule has 6 atom stereocenters. The minimum absolute atomic E-state index is 0.00567. The Hall–Kier alpha value is -6.54. The lowest BCUT2D eigenvalue weighted by molar-refractivity contribution is -0.137. The van der Waals surface area contributed by atoms with Crippen LogP contribution in [0.2, 0.25) is 0 Å². The second-order valence-corrected chi connectivity index (χ2v) is 22.4. The van der Waals surface area contributed by atoms with Crippen LogP contribution >= 0.6 is 0 Å². The SMILES string of the molecule is CC1(C)CCN(c2c(F)cc(N3C(c4ccc5nc([C@@H]6CCCN6C(=O)[C@@H](NC(=O)O)C6CCOCC6)[nH]c5c4)CC[C@@H]3c3ccc4nc([C@@H]5CCCN5C(=O)[C@@H](NC(=O)O)C5CCOCC5)[nH]c4c3)cc2F)CC1. The number of hydrogen-bond acceptors (Lipinski definition) is 10. The van der Waals surface area contributed by atoms with Crippen molar-refractivity contribution in [3.05, 3.63) is 82.9 Å². The number of nitrogens with zero attached hydrogens (tertiary/aromatic N) is 6. The number of piperidine rings is 1. The molecule has 6 saturated heterocycles. The maximum Gasteiger partial charge on any atom is 0.405 e. The fourth-order valence-electron chi connectivity index (χ4n) is 13.1. The first kappa shape index (κ1) is 50.6. The van der Waals surface area contributed by atoms with Crippen molar-refractivity contribution in [3.63, 3.8) is 0 Å². The van der Waals surface area contributed by atoms with Crippen molar-refractivity contribution in [2.24, 2.45) is 17.3 Å². The molecule has 3 aromatic carbocycles. The van der Waals surface area contributed by atoms with Crippen molar-refractivity contribution in [2.75, 3.05) is 62.4 Å². The maximum absolute atomic E-state index is 16.7. The fourth-order valence-corrected chi connectivity index (χ4v) is 13.1. The number of nitrogens with one attached hydrogen (secondary N) is 4. The molecule has 0 spiro atoms. The van der Waals surface area contributed by atoms with Crippen LogP contribution in [0.4, 0.5) is 29.7 Å². The second kappa shape index (κ2) is 20.9. The summed E-state index contributed by atoms with van der Waals surface area (Å²) in [6, 6.07) is 11.7. The van der Waals surface area contributed by atoms with E-state index in [1.807, 2.05) is 41.3 Å². The Morgan fingerprint density at radius 3 is 1.49 bits per heavy atom.